The Bertz CT molecular complexity index is 839. The number of rotatable bonds is 7. The fourth-order valence-electron chi connectivity index (χ4n) is 3.19. The third-order valence-corrected chi connectivity index (χ3v) is 4.46. The van der Waals surface area contributed by atoms with Crippen molar-refractivity contribution in [3.8, 4) is 22.8 Å². The van der Waals surface area contributed by atoms with E-state index in [-0.39, 0.29) is 0 Å². The van der Waals surface area contributed by atoms with Gasteiger partial charge in [0.05, 0.1) is 26.2 Å². The Morgan fingerprint density at radius 2 is 1.60 bits per heavy atom. The Hall–Kier alpha value is -2.75. The summed E-state index contributed by atoms with van der Waals surface area (Å²) in [4.78, 5) is 4.67. The lowest BCUT2D eigenvalue weighted by molar-refractivity contribution is 0.408. The second-order valence-corrected chi connectivity index (χ2v) is 5.85. The summed E-state index contributed by atoms with van der Waals surface area (Å²) in [6, 6.07) is 16.2. The van der Waals surface area contributed by atoms with Gasteiger partial charge >= 0.3 is 0 Å². The largest absolute Gasteiger partial charge is 0.496 e. The molecule has 0 saturated heterocycles. The molecule has 0 amide bonds. The number of para-hydroxylation sites is 2. The van der Waals surface area contributed by atoms with E-state index < -0.39 is 0 Å². The van der Waals surface area contributed by atoms with Crippen LogP contribution in [0.4, 0.5) is 0 Å². The molecule has 1 heterocycles. The Labute approximate surface area is 149 Å². The lowest BCUT2D eigenvalue weighted by Gasteiger charge is -2.12. The van der Waals surface area contributed by atoms with Crippen LogP contribution < -0.4 is 9.47 Å². The summed E-state index contributed by atoms with van der Waals surface area (Å²) in [5, 5.41) is 0. The fourth-order valence-corrected chi connectivity index (χ4v) is 3.19. The van der Waals surface area contributed by atoms with Gasteiger partial charge < -0.3 is 14.0 Å². The smallest absolute Gasteiger partial charge is 0.128 e. The van der Waals surface area contributed by atoms with Crippen LogP contribution in [-0.2, 0) is 19.4 Å². The number of hydrogen-bond acceptors (Lipinski definition) is 3. The van der Waals surface area contributed by atoms with Gasteiger partial charge in [-0.3, -0.25) is 0 Å². The minimum Gasteiger partial charge on any atom is -0.496 e. The predicted molar refractivity (Wildman–Crippen MR) is 100 cm³/mol. The molecule has 0 N–H and O–H groups in total. The lowest BCUT2D eigenvalue weighted by Crippen LogP contribution is -2.05. The van der Waals surface area contributed by atoms with Crippen molar-refractivity contribution < 1.29 is 9.47 Å². The zero-order valence-corrected chi connectivity index (χ0v) is 15.0. The number of ether oxygens (including phenoxy) is 2. The minimum absolute atomic E-state index is 0.854. The first-order chi connectivity index (χ1) is 12.3. The molecule has 4 heteroatoms. The van der Waals surface area contributed by atoms with Crippen LogP contribution in [0.2, 0.25) is 0 Å². The number of aromatic nitrogens is 2. The zero-order chi connectivity index (χ0) is 17.6. The van der Waals surface area contributed by atoms with Crippen molar-refractivity contribution >= 4 is 0 Å². The van der Waals surface area contributed by atoms with Crippen LogP contribution in [0, 0.1) is 0 Å². The molecule has 0 saturated carbocycles. The number of nitrogens with zero attached hydrogens (tertiary/aromatic N) is 2. The molecular formula is C21H24N2O2. The first-order valence-corrected chi connectivity index (χ1v) is 8.57. The highest BCUT2D eigenvalue weighted by Gasteiger charge is 2.15. The van der Waals surface area contributed by atoms with Crippen LogP contribution >= 0.6 is 0 Å². The second kappa shape index (κ2) is 7.88. The van der Waals surface area contributed by atoms with Gasteiger partial charge in [0, 0.05) is 17.8 Å². The van der Waals surface area contributed by atoms with Gasteiger partial charge in [-0.15, -0.1) is 0 Å². The van der Waals surface area contributed by atoms with Gasteiger partial charge in [-0.25, -0.2) is 4.98 Å². The molecule has 0 atom stereocenters. The van der Waals surface area contributed by atoms with E-state index in [1.807, 2.05) is 42.7 Å². The molecule has 0 radical (unpaired) electrons. The summed E-state index contributed by atoms with van der Waals surface area (Å²) in [6.07, 6.45) is 3.74. The first-order valence-electron chi connectivity index (χ1n) is 8.57. The topological polar surface area (TPSA) is 36.3 Å². The van der Waals surface area contributed by atoms with Crippen molar-refractivity contribution in [2.75, 3.05) is 14.2 Å². The summed E-state index contributed by atoms with van der Waals surface area (Å²) in [5.74, 6) is 1.79. The molecule has 0 spiro atoms. The molecule has 0 unspecified atom stereocenters. The Morgan fingerprint density at radius 3 is 2.32 bits per heavy atom. The molecule has 3 rings (SSSR count). The Kier molecular flexibility index (Phi) is 5.39. The van der Waals surface area contributed by atoms with Crippen molar-refractivity contribution in [2.24, 2.45) is 0 Å². The number of imidazole rings is 1. The van der Waals surface area contributed by atoms with Gasteiger partial charge in [-0.2, -0.15) is 0 Å². The highest BCUT2D eigenvalue weighted by atomic mass is 16.5. The van der Waals surface area contributed by atoms with Crippen LogP contribution in [-0.4, -0.2) is 23.8 Å². The molecule has 0 aliphatic rings. The Balaban J connectivity index is 1.88. The SMILES string of the molecule is CCc1c(-c2ccccc2OC)ncn1CCc1ccccc1OC. The third kappa shape index (κ3) is 3.53. The van der Waals surface area contributed by atoms with E-state index in [9.17, 15) is 0 Å². The van der Waals surface area contributed by atoms with Gasteiger partial charge in [0.1, 0.15) is 11.5 Å². The molecule has 0 aliphatic heterocycles. The lowest BCUT2D eigenvalue weighted by atomic mass is 10.1. The highest BCUT2D eigenvalue weighted by Crippen LogP contribution is 2.31. The maximum Gasteiger partial charge on any atom is 0.128 e. The monoisotopic (exact) mass is 336 g/mol. The summed E-state index contributed by atoms with van der Waals surface area (Å²) in [7, 11) is 3.41. The highest BCUT2D eigenvalue weighted by molar-refractivity contribution is 5.69. The fraction of sp³-hybridized carbons (Fsp3) is 0.286. The van der Waals surface area contributed by atoms with Gasteiger partial charge in [-0.05, 0) is 36.6 Å². The van der Waals surface area contributed by atoms with E-state index in [1.54, 1.807) is 14.2 Å². The summed E-state index contributed by atoms with van der Waals surface area (Å²) >= 11 is 0. The molecule has 0 bridgehead atoms. The van der Waals surface area contributed by atoms with Gasteiger partial charge in [0.15, 0.2) is 0 Å². The van der Waals surface area contributed by atoms with E-state index >= 15 is 0 Å². The van der Waals surface area contributed by atoms with Crippen LogP contribution in [0.25, 0.3) is 11.3 Å². The van der Waals surface area contributed by atoms with E-state index in [1.165, 1.54) is 11.3 Å². The van der Waals surface area contributed by atoms with E-state index in [2.05, 4.69) is 28.6 Å². The van der Waals surface area contributed by atoms with E-state index in [0.29, 0.717) is 0 Å². The average molecular weight is 336 g/mol. The van der Waals surface area contributed by atoms with Gasteiger partial charge in [-0.1, -0.05) is 37.3 Å². The molecule has 2 aromatic carbocycles. The molecular weight excluding hydrogens is 312 g/mol. The van der Waals surface area contributed by atoms with Gasteiger partial charge in [0.2, 0.25) is 0 Å². The van der Waals surface area contributed by atoms with Crippen molar-refractivity contribution in [1.29, 1.82) is 0 Å². The zero-order valence-electron chi connectivity index (χ0n) is 15.0. The summed E-state index contributed by atoms with van der Waals surface area (Å²) in [5.41, 5.74) is 4.47. The molecule has 0 aliphatic carbocycles. The van der Waals surface area contributed by atoms with Crippen LogP contribution in [0.15, 0.2) is 54.9 Å². The molecule has 130 valence electrons. The van der Waals surface area contributed by atoms with E-state index in [4.69, 9.17) is 9.47 Å². The number of hydrogen-bond donors (Lipinski definition) is 0. The molecule has 25 heavy (non-hydrogen) atoms. The number of methoxy groups -OCH3 is 2. The number of aryl methyl sites for hydroxylation is 2. The van der Waals surface area contributed by atoms with Crippen molar-refractivity contribution in [2.45, 2.75) is 26.3 Å². The summed E-state index contributed by atoms with van der Waals surface area (Å²) < 4.78 is 13.2. The van der Waals surface area contributed by atoms with Crippen molar-refractivity contribution in [3.63, 3.8) is 0 Å². The van der Waals surface area contributed by atoms with E-state index in [0.717, 1.165) is 42.1 Å². The normalized spacial score (nSPS) is 10.7. The van der Waals surface area contributed by atoms with Crippen LogP contribution in [0.5, 0.6) is 11.5 Å². The summed E-state index contributed by atoms with van der Waals surface area (Å²) in [6.45, 7) is 3.03. The standard InChI is InChI=1S/C21H24N2O2/c1-4-18-21(17-10-6-8-12-20(17)25-3)22-15-23(18)14-13-16-9-5-7-11-19(16)24-2/h5-12,15H,4,13-14H2,1-3H3. The van der Waals surface area contributed by atoms with Gasteiger partial charge in [0.25, 0.3) is 0 Å². The maximum atomic E-state index is 5.50. The minimum atomic E-state index is 0.854. The Morgan fingerprint density at radius 1 is 0.920 bits per heavy atom. The van der Waals surface area contributed by atoms with Crippen LogP contribution in [0.3, 0.4) is 0 Å². The molecule has 1 aromatic heterocycles. The quantitative estimate of drug-likeness (QED) is 0.643. The van der Waals surface area contributed by atoms with Crippen molar-refractivity contribution in [1.82, 2.24) is 9.55 Å². The average Bonchev–Trinajstić information content (AvgIpc) is 3.09. The first kappa shape index (κ1) is 17.1. The molecule has 0 fully saturated rings. The second-order valence-electron chi connectivity index (χ2n) is 5.85. The molecule has 3 aromatic rings. The number of benzene rings is 2. The molecule has 4 nitrogen and oxygen atoms in total. The maximum absolute atomic E-state index is 5.50. The predicted octanol–water partition coefficient (Wildman–Crippen LogP) is 4.37. The van der Waals surface area contributed by atoms with Crippen LogP contribution in [0.1, 0.15) is 18.2 Å². The van der Waals surface area contributed by atoms with Crippen molar-refractivity contribution in [3.05, 3.63) is 66.1 Å². The third-order valence-electron chi connectivity index (χ3n) is 4.46.